The van der Waals surface area contributed by atoms with Gasteiger partial charge in [-0.2, -0.15) is 0 Å². The van der Waals surface area contributed by atoms with Gasteiger partial charge >= 0.3 is 0 Å². The molecule has 2 heterocycles. The molecule has 0 atom stereocenters. The third-order valence-electron chi connectivity index (χ3n) is 5.67. The first kappa shape index (κ1) is 19.4. The standard InChI is InChI=1S/C23H28ClN3O/c1-2-5-18-7-4-9-20-22(18)26-21(23(27-20)10-12-28-13-11-23)16-25-15-17-6-3-8-19(24)14-17/h3-4,6-9,14,25,27H,2,5,10-13,15-16H2,1H3. The molecule has 2 N–H and O–H groups in total. The molecule has 2 aliphatic heterocycles. The number of nitrogens with zero attached hydrogens (tertiary/aromatic N) is 1. The average molecular weight is 398 g/mol. The first-order valence-corrected chi connectivity index (χ1v) is 10.6. The van der Waals surface area contributed by atoms with Gasteiger partial charge in [-0.1, -0.05) is 49.2 Å². The lowest BCUT2D eigenvalue weighted by molar-refractivity contribution is 0.0776. The maximum absolute atomic E-state index is 6.12. The van der Waals surface area contributed by atoms with E-state index in [2.05, 4.69) is 41.8 Å². The van der Waals surface area contributed by atoms with Crippen LogP contribution in [0.15, 0.2) is 47.5 Å². The highest BCUT2D eigenvalue weighted by Gasteiger charge is 2.40. The Morgan fingerprint density at radius 1 is 1.14 bits per heavy atom. The molecule has 0 aromatic heterocycles. The highest BCUT2D eigenvalue weighted by atomic mass is 35.5. The van der Waals surface area contributed by atoms with Gasteiger partial charge in [0.2, 0.25) is 0 Å². The largest absolute Gasteiger partial charge is 0.381 e. The summed E-state index contributed by atoms with van der Waals surface area (Å²) in [5, 5.41) is 8.20. The molecule has 2 aliphatic rings. The molecule has 1 spiro atoms. The summed E-state index contributed by atoms with van der Waals surface area (Å²) in [6, 6.07) is 14.5. The summed E-state index contributed by atoms with van der Waals surface area (Å²) in [7, 11) is 0. The van der Waals surface area contributed by atoms with Crippen LogP contribution in [-0.2, 0) is 17.7 Å². The van der Waals surface area contributed by atoms with E-state index in [0.717, 1.165) is 68.4 Å². The van der Waals surface area contributed by atoms with E-state index in [1.54, 1.807) is 0 Å². The number of nitrogens with one attached hydrogen (secondary N) is 2. The molecule has 0 radical (unpaired) electrons. The van der Waals surface area contributed by atoms with Crippen molar-refractivity contribution in [1.82, 2.24) is 5.32 Å². The van der Waals surface area contributed by atoms with E-state index in [1.165, 1.54) is 16.8 Å². The monoisotopic (exact) mass is 397 g/mol. The predicted octanol–water partition coefficient (Wildman–Crippen LogP) is 5.13. The van der Waals surface area contributed by atoms with Crippen molar-refractivity contribution < 1.29 is 4.74 Å². The number of ether oxygens (including phenoxy) is 1. The van der Waals surface area contributed by atoms with Crippen molar-refractivity contribution in [2.75, 3.05) is 25.1 Å². The van der Waals surface area contributed by atoms with Gasteiger partial charge < -0.3 is 15.4 Å². The van der Waals surface area contributed by atoms with Crippen molar-refractivity contribution in [3.05, 3.63) is 58.6 Å². The number of aryl methyl sites for hydroxylation is 1. The van der Waals surface area contributed by atoms with Crippen molar-refractivity contribution in [1.29, 1.82) is 0 Å². The number of fused-ring (bicyclic) bond motifs is 1. The molecule has 1 fully saturated rings. The Morgan fingerprint density at radius 3 is 2.75 bits per heavy atom. The Bertz CT molecular complexity index is 859. The van der Waals surface area contributed by atoms with Crippen molar-refractivity contribution in [2.45, 2.75) is 44.7 Å². The molecular formula is C23H28ClN3O. The number of hydrogen-bond donors (Lipinski definition) is 2. The van der Waals surface area contributed by atoms with Crippen LogP contribution in [0.4, 0.5) is 11.4 Å². The third kappa shape index (κ3) is 4.09. The quantitative estimate of drug-likeness (QED) is 0.710. The molecule has 2 aromatic carbocycles. The molecule has 2 aromatic rings. The second-order valence-electron chi connectivity index (χ2n) is 7.67. The van der Waals surface area contributed by atoms with Gasteiger partial charge in [-0.3, -0.25) is 4.99 Å². The Kier molecular flexibility index (Phi) is 6.00. The Hall–Kier alpha value is -1.88. The summed E-state index contributed by atoms with van der Waals surface area (Å²) in [4.78, 5) is 5.20. The summed E-state index contributed by atoms with van der Waals surface area (Å²) in [6.45, 7) is 5.27. The smallest absolute Gasteiger partial charge is 0.0894 e. The lowest BCUT2D eigenvalue weighted by Crippen LogP contribution is -2.54. The van der Waals surface area contributed by atoms with E-state index in [-0.39, 0.29) is 5.54 Å². The number of rotatable bonds is 6. The maximum atomic E-state index is 6.12. The van der Waals surface area contributed by atoms with Crippen LogP contribution >= 0.6 is 11.6 Å². The zero-order valence-corrected chi connectivity index (χ0v) is 17.2. The van der Waals surface area contributed by atoms with Crippen molar-refractivity contribution >= 4 is 28.7 Å². The van der Waals surface area contributed by atoms with Gasteiger partial charge in [0.25, 0.3) is 0 Å². The third-order valence-corrected chi connectivity index (χ3v) is 5.90. The van der Waals surface area contributed by atoms with Gasteiger partial charge in [0.05, 0.1) is 22.6 Å². The fraction of sp³-hybridized carbons (Fsp3) is 0.435. The summed E-state index contributed by atoms with van der Waals surface area (Å²) in [5.41, 5.74) is 5.85. The van der Waals surface area contributed by atoms with E-state index < -0.39 is 0 Å². The topological polar surface area (TPSA) is 45.7 Å². The number of halogens is 1. The minimum atomic E-state index is -0.114. The minimum Gasteiger partial charge on any atom is -0.381 e. The molecule has 0 bridgehead atoms. The first-order valence-electron chi connectivity index (χ1n) is 10.2. The molecule has 5 heteroatoms. The van der Waals surface area contributed by atoms with Gasteiger partial charge in [0.1, 0.15) is 0 Å². The Morgan fingerprint density at radius 2 is 1.96 bits per heavy atom. The van der Waals surface area contributed by atoms with Crippen molar-refractivity contribution in [2.24, 2.45) is 4.99 Å². The SMILES string of the molecule is CCCc1cccc2c1N=C(CNCc1cccc(Cl)c1)C1(CCOCC1)N2. The van der Waals surface area contributed by atoms with Crippen molar-refractivity contribution in [3.8, 4) is 0 Å². The highest BCUT2D eigenvalue weighted by Crippen LogP contribution is 2.40. The predicted molar refractivity (Wildman–Crippen MR) is 117 cm³/mol. The molecule has 4 nitrogen and oxygen atoms in total. The molecule has 0 saturated carbocycles. The van der Waals surface area contributed by atoms with E-state index in [0.29, 0.717) is 0 Å². The number of benzene rings is 2. The van der Waals surface area contributed by atoms with Gasteiger partial charge in [-0.05, 0) is 48.6 Å². The number of para-hydroxylation sites is 1. The van der Waals surface area contributed by atoms with Crippen molar-refractivity contribution in [3.63, 3.8) is 0 Å². The van der Waals surface area contributed by atoms with Crippen LogP contribution in [0.1, 0.15) is 37.3 Å². The number of aliphatic imine (C=N–C) groups is 1. The van der Waals surface area contributed by atoms with Crippen LogP contribution in [0.3, 0.4) is 0 Å². The second-order valence-corrected chi connectivity index (χ2v) is 8.11. The fourth-order valence-electron chi connectivity index (χ4n) is 4.18. The molecule has 4 rings (SSSR count). The first-order chi connectivity index (χ1) is 13.7. The number of hydrogen-bond acceptors (Lipinski definition) is 4. The fourth-order valence-corrected chi connectivity index (χ4v) is 4.39. The molecule has 148 valence electrons. The summed E-state index contributed by atoms with van der Waals surface area (Å²) in [5.74, 6) is 0. The normalized spacial score (nSPS) is 17.7. The lowest BCUT2D eigenvalue weighted by Gasteiger charge is -2.43. The Labute approximate surface area is 172 Å². The highest BCUT2D eigenvalue weighted by molar-refractivity contribution is 6.30. The van der Waals surface area contributed by atoms with E-state index in [4.69, 9.17) is 21.3 Å². The van der Waals surface area contributed by atoms with Gasteiger partial charge in [-0.15, -0.1) is 0 Å². The lowest BCUT2D eigenvalue weighted by atomic mass is 9.82. The second kappa shape index (κ2) is 8.64. The van der Waals surface area contributed by atoms with Crippen LogP contribution in [-0.4, -0.2) is 31.0 Å². The molecule has 0 aliphatic carbocycles. The summed E-state index contributed by atoms with van der Waals surface area (Å²) >= 11 is 6.12. The maximum Gasteiger partial charge on any atom is 0.0894 e. The average Bonchev–Trinajstić information content (AvgIpc) is 2.70. The van der Waals surface area contributed by atoms with Gasteiger partial charge in [-0.25, -0.2) is 0 Å². The van der Waals surface area contributed by atoms with Crippen LogP contribution in [0.25, 0.3) is 0 Å². The van der Waals surface area contributed by atoms with E-state index >= 15 is 0 Å². The summed E-state index contributed by atoms with van der Waals surface area (Å²) < 4.78 is 5.65. The minimum absolute atomic E-state index is 0.114. The molecular weight excluding hydrogens is 370 g/mol. The molecule has 0 unspecified atom stereocenters. The van der Waals surface area contributed by atoms with Crippen LogP contribution in [0, 0.1) is 0 Å². The zero-order valence-electron chi connectivity index (χ0n) is 16.4. The number of anilines is 1. The van der Waals surface area contributed by atoms with Crippen LogP contribution < -0.4 is 10.6 Å². The molecule has 0 amide bonds. The van der Waals surface area contributed by atoms with Gasteiger partial charge in [0, 0.05) is 31.3 Å². The summed E-state index contributed by atoms with van der Waals surface area (Å²) in [6.07, 6.45) is 4.06. The van der Waals surface area contributed by atoms with Gasteiger partial charge in [0.15, 0.2) is 0 Å². The zero-order chi connectivity index (χ0) is 19.4. The molecule has 28 heavy (non-hydrogen) atoms. The molecule has 1 saturated heterocycles. The van der Waals surface area contributed by atoms with E-state index in [1.807, 2.05) is 18.2 Å². The van der Waals surface area contributed by atoms with Crippen LogP contribution in [0.5, 0.6) is 0 Å². The Balaban J connectivity index is 1.59. The van der Waals surface area contributed by atoms with E-state index in [9.17, 15) is 0 Å². The van der Waals surface area contributed by atoms with Crippen LogP contribution in [0.2, 0.25) is 5.02 Å².